The summed E-state index contributed by atoms with van der Waals surface area (Å²) in [6.07, 6.45) is 9.48. The Kier molecular flexibility index (Phi) is 5.89. The molecular formula is C18H35N3O. The van der Waals surface area contributed by atoms with Crippen molar-refractivity contribution >= 4 is 5.91 Å². The van der Waals surface area contributed by atoms with Gasteiger partial charge in [-0.3, -0.25) is 10.1 Å². The molecule has 2 N–H and O–H groups in total. The van der Waals surface area contributed by atoms with Gasteiger partial charge in [-0.25, -0.2) is 0 Å². The maximum absolute atomic E-state index is 12.6. The van der Waals surface area contributed by atoms with Crippen LogP contribution in [-0.4, -0.2) is 47.6 Å². The van der Waals surface area contributed by atoms with Crippen molar-refractivity contribution in [1.29, 1.82) is 0 Å². The first kappa shape index (κ1) is 17.7. The fourth-order valence-electron chi connectivity index (χ4n) is 4.13. The van der Waals surface area contributed by atoms with Gasteiger partial charge in [-0.15, -0.1) is 0 Å². The first-order valence-electron chi connectivity index (χ1n) is 9.12. The summed E-state index contributed by atoms with van der Waals surface area (Å²) >= 11 is 0. The Morgan fingerprint density at radius 2 is 1.68 bits per heavy atom. The molecule has 0 atom stereocenters. The van der Waals surface area contributed by atoms with Crippen LogP contribution in [0.1, 0.15) is 72.6 Å². The van der Waals surface area contributed by atoms with E-state index in [2.05, 4.69) is 24.5 Å². The highest BCUT2D eigenvalue weighted by molar-refractivity contribution is 5.86. The maximum atomic E-state index is 12.6. The van der Waals surface area contributed by atoms with Crippen LogP contribution in [0.3, 0.4) is 0 Å². The lowest BCUT2D eigenvalue weighted by Crippen LogP contribution is -2.70. The average molecular weight is 309 g/mol. The highest BCUT2D eigenvalue weighted by Gasteiger charge is 2.42. The predicted octanol–water partition coefficient (Wildman–Crippen LogP) is 2.68. The molecule has 1 aliphatic carbocycles. The van der Waals surface area contributed by atoms with Crippen LogP contribution in [0.2, 0.25) is 0 Å². The molecule has 1 saturated carbocycles. The predicted molar refractivity (Wildman–Crippen MR) is 92.0 cm³/mol. The fourth-order valence-corrected chi connectivity index (χ4v) is 4.13. The molecule has 4 heteroatoms. The van der Waals surface area contributed by atoms with E-state index >= 15 is 0 Å². The zero-order chi connectivity index (χ0) is 16.2. The number of hydrogen-bond donors (Lipinski definition) is 2. The third-order valence-electron chi connectivity index (χ3n) is 4.98. The van der Waals surface area contributed by atoms with Gasteiger partial charge in [-0.1, -0.05) is 32.1 Å². The lowest BCUT2D eigenvalue weighted by molar-refractivity contribution is -0.143. The van der Waals surface area contributed by atoms with Gasteiger partial charge in [0.1, 0.15) is 0 Å². The molecule has 1 saturated heterocycles. The number of carbonyl (C=O) groups excluding carboxylic acids is 1. The van der Waals surface area contributed by atoms with Gasteiger partial charge in [-0.05, 0) is 40.5 Å². The molecule has 0 aromatic carbocycles. The van der Waals surface area contributed by atoms with Crippen LogP contribution >= 0.6 is 0 Å². The number of hydrogen-bond acceptors (Lipinski definition) is 3. The van der Waals surface area contributed by atoms with Crippen molar-refractivity contribution in [3.05, 3.63) is 0 Å². The van der Waals surface area contributed by atoms with E-state index in [0.29, 0.717) is 6.04 Å². The third-order valence-corrected chi connectivity index (χ3v) is 4.98. The Bertz CT molecular complexity index is 371. The summed E-state index contributed by atoms with van der Waals surface area (Å²) in [5.74, 6) is 0.228. The van der Waals surface area contributed by atoms with Gasteiger partial charge < -0.3 is 10.2 Å². The summed E-state index contributed by atoms with van der Waals surface area (Å²) in [7, 11) is 0. The zero-order valence-corrected chi connectivity index (χ0v) is 15.0. The Labute approximate surface area is 136 Å². The summed E-state index contributed by atoms with van der Waals surface area (Å²) in [5, 5.41) is 7.15. The Hall–Kier alpha value is -0.610. The molecule has 0 bridgehead atoms. The largest absolute Gasteiger partial charge is 0.338 e. The van der Waals surface area contributed by atoms with E-state index in [-0.39, 0.29) is 11.4 Å². The summed E-state index contributed by atoms with van der Waals surface area (Å²) in [6.45, 7) is 10.9. The van der Waals surface area contributed by atoms with Crippen LogP contribution in [0.15, 0.2) is 0 Å². The van der Waals surface area contributed by atoms with Crippen molar-refractivity contribution in [2.75, 3.05) is 19.6 Å². The molecule has 2 aliphatic rings. The number of nitrogens with zero attached hydrogens (tertiary/aromatic N) is 1. The van der Waals surface area contributed by atoms with Crippen LogP contribution in [0.4, 0.5) is 0 Å². The lowest BCUT2D eigenvalue weighted by atomic mass is 9.90. The van der Waals surface area contributed by atoms with Crippen molar-refractivity contribution in [2.24, 2.45) is 0 Å². The first-order chi connectivity index (χ1) is 10.3. The highest BCUT2D eigenvalue weighted by atomic mass is 16.2. The van der Waals surface area contributed by atoms with E-state index in [1.165, 1.54) is 44.9 Å². The topological polar surface area (TPSA) is 44.4 Å². The normalized spacial score (nSPS) is 26.5. The van der Waals surface area contributed by atoms with Crippen LogP contribution in [0.25, 0.3) is 0 Å². The second-order valence-corrected chi connectivity index (χ2v) is 8.36. The molecule has 0 spiro atoms. The van der Waals surface area contributed by atoms with E-state index in [4.69, 9.17) is 0 Å². The maximum Gasteiger partial charge on any atom is 0.242 e. The molecular weight excluding hydrogens is 274 g/mol. The van der Waals surface area contributed by atoms with Crippen molar-refractivity contribution in [1.82, 2.24) is 15.5 Å². The Balaban J connectivity index is 1.80. The number of nitrogens with one attached hydrogen (secondary N) is 2. The second kappa shape index (κ2) is 7.31. The van der Waals surface area contributed by atoms with Crippen molar-refractivity contribution in [2.45, 2.75) is 89.8 Å². The molecule has 1 amide bonds. The number of rotatable bonds is 4. The first-order valence-corrected chi connectivity index (χ1v) is 9.12. The van der Waals surface area contributed by atoms with E-state index < -0.39 is 5.54 Å². The van der Waals surface area contributed by atoms with Crippen LogP contribution in [0.5, 0.6) is 0 Å². The monoisotopic (exact) mass is 309 g/mol. The molecule has 1 aliphatic heterocycles. The van der Waals surface area contributed by atoms with Gasteiger partial charge in [0.15, 0.2) is 0 Å². The number of amides is 1. The van der Waals surface area contributed by atoms with Crippen LogP contribution in [-0.2, 0) is 4.79 Å². The summed E-state index contributed by atoms with van der Waals surface area (Å²) in [4.78, 5) is 14.6. The summed E-state index contributed by atoms with van der Waals surface area (Å²) in [5.41, 5.74) is -0.473. The van der Waals surface area contributed by atoms with E-state index in [1.54, 1.807) is 0 Å². The van der Waals surface area contributed by atoms with Gasteiger partial charge in [0.2, 0.25) is 5.91 Å². The third kappa shape index (κ3) is 4.95. The van der Waals surface area contributed by atoms with E-state index in [0.717, 1.165) is 19.6 Å². The minimum absolute atomic E-state index is 0.0162. The molecule has 0 aromatic rings. The molecule has 128 valence electrons. The molecule has 0 unspecified atom stereocenters. The minimum atomic E-state index is -0.456. The standard InChI is InChI=1S/C18H35N3O/c1-17(2)14-21(16(22)18(3,4)20-17)13-12-19-15-10-8-6-5-7-9-11-15/h15,19-20H,5-14H2,1-4H3. The minimum Gasteiger partial charge on any atom is -0.338 e. The lowest BCUT2D eigenvalue weighted by Gasteiger charge is -2.47. The van der Waals surface area contributed by atoms with Gasteiger partial charge in [0.25, 0.3) is 0 Å². The molecule has 0 aromatic heterocycles. The summed E-state index contributed by atoms with van der Waals surface area (Å²) in [6, 6.07) is 0.652. The summed E-state index contributed by atoms with van der Waals surface area (Å²) < 4.78 is 0. The number of carbonyl (C=O) groups is 1. The van der Waals surface area contributed by atoms with Crippen molar-refractivity contribution in [3.63, 3.8) is 0 Å². The van der Waals surface area contributed by atoms with Gasteiger partial charge in [-0.2, -0.15) is 0 Å². The zero-order valence-electron chi connectivity index (χ0n) is 15.0. The van der Waals surface area contributed by atoms with Gasteiger partial charge in [0, 0.05) is 31.2 Å². The average Bonchev–Trinajstić information content (AvgIpc) is 2.36. The van der Waals surface area contributed by atoms with E-state index in [9.17, 15) is 4.79 Å². The quantitative estimate of drug-likeness (QED) is 0.839. The smallest absolute Gasteiger partial charge is 0.242 e. The van der Waals surface area contributed by atoms with Crippen molar-refractivity contribution in [3.8, 4) is 0 Å². The SMILES string of the molecule is CC1(C)CN(CCNC2CCCCCCC2)C(=O)C(C)(C)N1. The van der Waals surface area contributed by atoms with Crippen molar-refractivity contribution < 1.29 is 4.79 Å². The molecule has 4 nitrogen and oxygen atoms in total. The van der Waals surface area contributed by atoms with Gasteiger partial charge >= 0.3 is 0 Å². The van der Waals surface area contributed by atoms with E-state index in [1.807, 2.05) is 18.7 Å². The number of piperazine rings is 1. The molecule has 0 radical (unpaired) electrons. The molecule has 2 rings (SSSR count). The molecule has 1 heterocycles. The van der Waals surface area contributed by atoms with Crippen LogP contribution < -0.4 is 10.6 Å². The Morgan fingerprint density at radius 1 is 1.09 bits per heavy atom. The molecule has 2 fully saturated rings. The Morgan fingerprint density at radius 3 is 2.32 bits per heavy atom. The van der Waals surface area contributed by atoms with Gasteiger partial charge in [0.05, 0.1) is 5.54 Å². The fraction of sp³-hybridized carbons (Fsp3) is 0.944. The molecule has 22 heavy (non-hydrogen) atoms. The second-order valence-electron chi connectivity index (χ2n) is 8.36. The van der Waals surface area contributed by atoms with Crippen LogP contribution in [0, 0.1) is 0 Å². The highest BCUT2D eigenvalue weighted by Crippen LogP contribution is 2.22.